The average molecular weight is 500 g/mol. The second-order valence-corrected chi connectivity index (χ2v) is 9.60. The molecule has 0 aliphatic rings. The van der Waals surface area contributed by atoms with E-state index in [1.807, 2.05) is 86.9 Å². The first-order chi connectivity index (χ1) is 17.3. The maximum atomic E-state index is 12.8. The third-order valence-electron chi connectivity index (χ3n) is 5.96. The SMILES string of the molecule is Cc1ccc(C)c(NC(=O)CSc2nnc(CNC(=O)c3ccccc3)n2-c2cccc(C)c2C)c1. The minimum atomic E-state index is -0.187. The number of anilines is 1. The second kappa shape index (κ2) is 11.2. The number of nitrogens with one attached hydrogen (secondary N) is 2. The van der Waals surface area contributed by atoms with Gasteiger partial charge in [-0.05, 0) is 74.2 Å². The molecule has 0 spiro atoms. The average Bonchev–Trinajstić information content (AvgIpc) is 3.28. The molecule has 0 radical (unpaired) electrons. The van der Waals surface area contributed by atoms with Crippen molar-refractivity contribution < 1.29 is 9.59 Å². The number of nitrogens with zero attached hydrogens (tertiary/aromatic N) is 3. The number of rotatable bonds is 8. The van der Waals surface area contributed by atoms with Crippen molar-refractivity contribution in [3.8, 4) is 5.69 Å². The molecule has 4 aromatic rings. The highest BCUT2D eigenvalue weighted by atomic mass is 32.2. The van der Waals surface area contributed by atoms with Crippen LogP contribution < -0.4 is 10.6 Å². The monoisotopic (exact) mass is 499 g/mol. The van der Waals surface area contributed by atoms with E-state index in [0.29, 0.717) is 16.5 Å². The van der Waals surface area contributed by atoms with Gasteiger partial charge in [-0.1, -0.05) is 54.2 Å². The van der Waals surface area contributed by atoms with Crippen LogP contribution in [0.25, 0.3) is 5.69 Å². The lowest BCUT2D eigenvalue weighted by Gasteiger charge is -2.15. The summed E-state index contributed by atoms with van der Waals surface area (Å²) in [5.74, 6) is 0.453. The normalized spacial score (nSPS) is 10.8. The van der Waals surface area contributed by atoms with E-state index < -0.39 is 0 Å². The van der Waals surface area contributed by atoms with Crippen LogP contribution in [0.5, 0.6) is 0 Å². The number of hydrogen-bond donors (Lipinski definition) is 2. The second-order valence-electron chi connectivity index (χ2n) is 8.66. The lowest BCUT2D eigenvalue weighted by molar-refractivity contribution is -0.113. The van der Waals surface area contributed by atoms with Crippen molar-refractivity contribution in [3.05, 3.63) is 100 Å². The van der Waals surface area contributed by atoms with Crippen LogP contribution in [0.4, 0.5) is 5.69 Å². The van der Waals surface area contributed by atoms with Gasteiger partial charge in [0.15, 0.2) is 11.0 Å². The number of hydrogen-bond acceptors (Lipinski definition) is 5. The Bertz CT molecular complexity index is 1400. The fourth-order valence-electron chi connectivity index (χ4n) is 3.77. The van der Waals surface area contributed by atoms with Gasteiger partial charge in [0.25, 0.3) is 5.91 Å². The Kier molecular flexibility index (Phi) is 7.85. The summed E-state index contributed by atoms with van der Waals surface area (Å²) in [4.78, 5) is 25.4. The minimum absolute atomic E-state index is 0.122. The minimum Gasteiger partial charge on any atom is -0.345 e. The van der Waals surface area contributed by atoms with Gasteiger partial charge in [-0.15, -0.1) is 10.2 Å². The predicted octanol–water partition coefficient (Wildman–Crippen LogP) is 5.16. The maximum Gasteiger partial charge on any atom is 0.251 e. The van der Waals surface area contributed by atoms with E-state index in [0.717, 1.165) is 33.6 Å². The van der Waals surface area contributed by atoms with Gasteiger partial charge in [0.2, 0.25) is 5.91 Å². The lowest BCUT2D eigenvalue weighted by atomic mass is 10.1. The van der Waals surface area contributed by atoms with Crippen molar-refractivity contribution >= 4 is 29.3 Å². The van der Waals surface area contributed by atoms with Gasteiger partial charge in [0.05, 0.1) is 18.0 Å². The van der Waals surface area contributed by atoms with Crippen LogP contribution in [0.15, 0.2) is 71.9 Å². The Morgan fingerprint density at radius 1 is 0.889 bits per heavy atom. The molecule has 1 heterocycles. The van der Waals surface area contributed by atoms with E-state index in [4.69, 9.17) is 0 Å². The molecular weight excluding hydrogens is 470 g/mol. The molecule has 0 saturated heterocycles. The molecule has 2 N–H and O–H groups in total. The highest BCUT2D eigenvalue weighted by molar-refractivity contribution is 7.99. The Morgan fingerprint density at radius 3 is 2.44 bits per heavy atom. The van der Waals surface area contributed by atoms with E-state index in [-0.39, 0.29) is 24.1 Å². The molecule has 184 valence electrons. The smallest absolute Gasteiger partial charge is 0.251 e. The van der Waals surface area contributed by atoms with Crippen LogP contribution in [-0.2, 0) is 11.3 Å². The van der Waals surface area contributed by atoms with Gasteiger partial charge >= 0.3 is 0 Å². The molecule has 7 nitrogen and oxygen atoms in total. The molecule has 4 rings (SSSR count). The highest BCUT2D eigenvalue weighted by Crippen LogP contribution is 2.26. The Hall–Kier alpha value is -3.91. The molecule has 0 atom stereocenters. The largest absolute Gasteiger partial charge is 0.345 e. The van der Waals surface area contributed by atoms with Crippen LogP contribution in [0.3, 0.4) is 0 Å². The van der Waals surface area contributed by atoms with Crippen LogP contribution in [-0.4, -0.2) is 32.3 Å². The van der Waals surface area contributed by atoms with Gasteiger partial charge in [-0.2, -0.15) is 0 Å². The standard InChI is InChI=1S/C28H29N5O2S/c1-18-13-14-20(3)23(15-18)30-26(34)17-36-28-32-31-25(16-29-27(35)22-10-6-5-7-11-22)33(28)24-12-8-9-19(2)21(24)4/h5-15H,16-17H2,1-4H3,(H,29,35)(H,30,34). The molecule has 0 fully saturated rings. The molecule has 1 aromatic heterocycles. The molecule has 3 aromatic carbocycles. The summed E-state index contributed by atoms with van der Waals surface area (Å²) >= 11 is 1.31. The van der Waals surface area contributed by atoms with E-state index in [9.17, 15) is 9.59 Å². The summed E-state index contributed by atoms with van der Waals surface area (Å²) < 4.78 is 1.92. The van der Waals surface area contributed by atoms with Crippen LogP contribution >= 0.6 is 11.8 Å². The first kappa shape index (κ1) is 25.2. The molecule has 2 amide bonds. The molecule has 8 heteroatoms. The fraction of sp³-hybridized carbons (Fsp3) is 0.214. The molecule has 0 aliphatic heterocycles. The zero-order valence-corrected chi connectivity index (χ0v) is 21.6. The first-order valence-electron chi connectivity index (χ1n) is 11.7. The molecule has 0 unspecified atom stereocenters. The summed E-state index contributed by atoms with van der Waals surface area (Å²) in [6.07, 6.45) is 0. The van der Waals surface area contributed by atoms with Crippen molar-refractivity contribution in [2.45, 2.75) is 39.4 Å². The van der Waals surface area contributed by atoms with Gasteiger partial charge < -0.3 is 10.6 Å². The molecule has 0 aliphatic carbocycles. The van der Waals surface area contributed by atoms with Gasteiger partial charge in [-0.3, -0.25) is 14.2 Å². The Balaban J connectivity index is 1.55. The van der Waals surface area contributed by atoms with Crippen molar-refractivity contribution in [2.24, 2.45) is 0 Å². The van der Waals surface area contributed by atoms with Gasteiger partial charge in [-0.25, -0.2) is 0 Å². The highest BCUT2D eigenvalue weighted by Gasteiger charge is 2.19. The zero-order chi connectivity index (χ0) is 25.7. The Morgan fingerprint density at radius 2 is 1.67 bits per heavy atom. The molecule has 0 bridgehead atoms. The van der Waals surface area contributed by atoms with E-state index in [2.05, 4.69) is 20.8 Å². The molecule has 36 heavy (non-hydrogen) atoms. The summed E-state index contributed by atoms with van der Waals surface area (Å²) in [5.41, 5.74) is 6.60. The van der Waals surface area contributed by atoms with Crippen molar-refractivity contribution in [2.75, 3.05) is 11.1 Å². The topological polar surface area (TPSA) is 88.9 Å². The van der Waals surface area contributed by atoms with Crippen LogP contribution in [0.1, 0.15) is 38.4 Å². The van der Waals surface area contributed by atoms with Crippen molar-refractivity contribution in [1.82, 2.24) is 20.1 Å². The Labute approximate surface area is 215 Å². The number of aryl methyl sites for hydroxylation is 3. The summed E-state index contributed by atoms with van der Waals surface area (Å²) in [5, 5.41) is 15.2. The lowest BCUT2D eigenvalue weighted by Crippen LogP contribution is -2.24. The quantitative estimate of drug-likeness (QED) is 0.327. The number of benzene rings is 3. The van der Waals surface area contributed by atoms with Gasteiger partial charge in [0.1, 0.15) is 0 Å². The maximum absolute atomic E-state index is 12.8. The number of carbonyl (C=O) groups excluding carboxylic acids is 2. The number of amides is 2. The van der Waals surface area contributed by atoms with E-state index in [1.165, 1.54) is 11.8 Å². The third-order valence-corrected chi connectivity index (χ3v) is 6.89. The molecule has 0 saturated carbocycles. The number of carbonyl (C=O) groups is 2. The zero-order valence-electron chi connectivity index (χ0n) is 20.8. The number of aromatic nitrogens is 3. The fourth-order valence-corrected chi connectivity index (χ4v) is 4.53. The first-order valence-corrected chi connectivity index (χ1v) is 12.7. The summed E-state index contributed by atoms with van der Waals surface area (Å²) in [7, 11) is 0. The van der Waals surface area contributed by atoms with Crippen LogP contribution in [0, 0.1) is 27.7 Å². The number of thioether (sulfide) groups is 1. The summed E-state index contributed by atoms with van der Waals surface area (Å²) in [6, 6.07) is 21.0. The molecular formula is C28H29N5O2S. The van der Waals surface area contributed by atoms with Crippen molar-refractivity contribution in [3.63, 3.8) is 0 Å². The van der Waals surface area contributed by atoms with Crippen LogP contribution in [0.2, 0.25) is 0 Å². The predicted molar refractivity (Wildman–Crippen MR) is 144 cm³/mol. The third kappa shape index (κ3) is 5.83. The summed E-state index contributed by atoms with van der Waals surface area (Å²) in [6.45, 7) is 8.25. The van der Waals surface area contributed by atoms with Gasteiger partial charge in [0, 0.05) is 11.3 Å². The van der Waals surface area contributed by atoms with E-state index in [1.54, 1.807) is 12.1 Å². The van der Waals surface area contributed by atoms with Crippen molar-refractivity contribution in [1.29, 1.82) is 0 Å². The van der Waals surface area contributed by atoms with E-state index >= 15 is 0 Å².